The second-order valence-electron chi connectivity index (χ2n) is 6.38. The van der Waals surface area contributed by atoms with Crippen molar-refractivity contribution in [1.29, 1.82) is 0 Å². The van der Waals surface area contributed by atoms with Crippen LogP contribution in [0.3, 0.4) is 0 Å². The third-order valence-electron chi connectivity index (χ3n) is 3.80. The van der Waals surface area contributed by atoms with Gasteiger partial charge in [0.05, 0.1) is 0 Å². The Kier molecular flexibility index (Phi) is 6.58. The number of rotatable bonds is 6. The van der Waals surface area contributed by atoms with Gasteiger partial charge in [0.15, 0.2) is 0 Å². The molecule has 26 heavy (non-hydrogen) atoms. The van der Waals surface area contributed by atoms with Crippen molar-refractivity contribution in [2.24, 2.45) is 4.99 Å². The fourth-order valence-corrected chi connectivity index (χ4v) is 2.85. The van der Waals surface area contributed by atoms with Gasteiger partial charge in [-0.2, -0.15) is 0 Å². The van der Waals surface area contributed by atoms with Crippen LogP contribution in [0, 0.1) is 13.8 Å². The van der Waals surface area contributed by atoms with E-state index in [9.17, 15) is 4.79 Å². The van der Waals surface area contributed by atoms with E-state index in [0.717, 1.165) is 22.4 Å². The third-order valence-corrected chi connectivity index (χ3v) is 3.89. The summed E-state index contributed by atoms with van der Waals surface area (Å²) in [6.07, 6.45) is 0. The number of carbonyl (C=O) groups excluding carboxylic acids is 1. The van der Waals surface area contributed by atoms with E-state index in [4.69, 9.17) is 11.6 Å². The predicted octanol–water partition coefficient (Wildman–Crippen LogP) is 5.33. The van der Waals surface area contributed by atoms with Crippen molar-refractivity contribution in [3.63, 3.8) is 0 Å². The van der Waals surface area contributed by atoms with E-state index in [1.54, 1.807) is 6.92 Å². The van der Waals surface area contributed by atoms with E-state index in [1.807, 2.05) is 63.2 Å². The van der Waals surface area contributed by atoms with Gasteiger partial charge in [-0.25, -0.2) is 4.99 Å². The van der Waals surface area contributed by atoms with Gasteiger partial charge in [-0.1, -0.05) is 47.5 Å². The molecular weight excluding hydrogens is 346 g/mol. The summed E-state index contributed by atoms with van der Waals surface area (Å²) < 4.78 is 0. The van der Waals surface area contributed by atoms with Crippen molar-refractivity contribution in [2.75, 3.05) is 5.32 Å². The average Bonchev–Trinajstić information content (AvgIpc) is 2.53. The zero-order valence-electron chi connectivity index (χ0n) is 15.6. The lowest BCUT2D eigenvalue weighted by Crippen LogP contribution is -2.17. The number of benzene rings is 2. The molecule has 136 valence electrons. The molecule has 0 fully saturated rings. The summed E-state index contributed by atoms with van der Waals surface area (Å²) in [5, 5.41) is 6.55. The van der Waals surface area contributed by atoms with Crippen LogP contribution in [0.15, 0.2) is 59.9 Å². The topological polar surface area (TPSA) is 53.5 Å². The lowest BCUT2D eigenvalue weighted by molar-refractivity contribution is 0.102. The van der Waals surface area contributed by atoms with Crippen molar-refractivity contribution in [2.45, 2.75) is 33.7 Å². The minimum atomic E-state index is -0.124. The highest BCUT2D eigenvalue weighted by Gasteiger charge is 2.10. The van der Waals surface area contributed by atoms with Gasteiger partial charge in [0.25, 0.3) is 5.91 Å². The molecule has 2 aromatic rings. The van der Waals surface area contributed by atoms with Crippen LogP contribution < -0.4 is 10.6 Å². The molecule has 0 radical (unpaired) electrons. The van der Waals surface area contributed by atoms with E-state index >= 15 is 0 Å². The maximum atomic E-state index is 12.5. The third kappa shape index (κ3) is 5.74. The fourth-order valence-electron chi connectivity index (χ4n) is 2.75. The highest BCUT2D eigenvalue weighted by molar-refractivity contribution is 6.64. The molecule has 0 bridgehead atoms. The van der Waals surface area contributed by atoms with Crippen LogP contribution >= 0.6 is 11.6 Å². The highest BCUT2D eigenvalue weighted by atomic mass is 35.5. The van der Waals surface area contributed by atoms with Crippen LogP contribution in [0.25, 0.3) is 0 Å². The van der Waals surface area contributed by atoms with Crippen molar-refractivity contribution in [3.8, 4) is 0 Å². The smallest absolute Gasteiger partial charge is 0.255 e. The lowest BCUT2D eigenvalue weighted by Gasteiger charge is -2.16. The predicted molar refractivity (Wildman–Crippen MR) is 110 cm³/mol. The SMILES string of the molecule is C=C(/N=C(\C)Cl)NC(C)c1cccc(NC(=O)c2cc(C)cc(C)c2)c1. The quantitative estimate of drug-likeness (QED) is 0.675. The van der Waals surface area contributed by atoms with Gasteiger partial charge in [-0.05, 0) is 57.5 Å². The minimum Gasteiger partial charge on any atom is -0.364 e. The first-order valence-corrected chi connectivity index (χ1v) is 8.78. The van der Waals surface area contributed by atoms with Crippen LogP contribution in [-0.2, 0) is 0 Å². The molecule has 0 spiro atoms. The molecule has 0 aromatic heterocycles. The number of anilines is 1. The van der Waals surface area contributed by atoms with E-state index in [0.29, 0.717) is 16.6 Å². The van der Waals surface area contributed by atoms with Gasteiger partial charge in [-0.15, -0.1) is 0 Å². The summed E-state index contributed by atoms with van der Waals surface area (Å²) in [5.74, 6) is 0.371. The molecule has 0 saturated heterocycles. The van der Waals surface area contributed by atoms with Gasteiger partial charge in [0.1, 0.15) is 11.0 Å². The van der Waals surface area contributed by atoms with Gasteiger partial charge in [0, 0.05) is 17.3 Å². The van der Waals surface area contributed by atoms with Crippen molar-refractivity contribution in [3.05, 3.63) is 77.1 Å². The second-order valence-corrected chi connectivity index (χ2v) is 6.92. The molecule has 0 heterocycles. The zero-order valence-corrected chi connectivity index (χ0v) is 16.3. The van der Waals surface area contributed by atoms with Crippen LogP contribution in [0.5, 0.6) is 0 Å². The van der Waals surface area contributed by atoms with E-state index in [-0.39, 0.29) is 11.9 Å². The number of nitrogens with one attached hydrogen (secondary N) is 2. The Hall–Kier alpha value is -2.59. The molecule has 2 N–H and O–H groups in total. The molecule has 0 aliphatic carbocycles. The van der Waals surface area contributed by atoms with Crippen molar-refractivity contribution < 1.29 is 4.79 Å². The zero-order chi connectivity index (χ0) is 19.3. The summed E-state index contributed by atoms with van der Waals surface area (Å²) >= 11 is 5.77. The number of amides is 1. The lowest BCUT2D eigenvalue weighted by atomic mass is 10.1. The molecule has 0 aliphatic heterocycles. The van der Waals surface area contributed by atoms with E-state index in [2.05, 4.69) is 22.2 Å². The average molecular weight is 370 g/mol. The first-order valence-electron chi connectivity index (χ1n) is 8.40. The summed E-state index contributed by atoms with van der Waals surface area (Å²) in [5.41, 5.74) is 4.53. The number of aliphatic imine (C=N–C) groups is 1. The Morgan fingerprint density at radius 2 is 1.81 bits per heavy atom. The highest BCUT2D eigenvalue weighted by Crippen LogP contribution is 2.19. The number of hydrogen-bond donors (Lipinski definition) is 2. The molecule has 4 nitrogen and oxygen atoms in total. The first-order chi connectivity index (χ1) is 12.2. The van der Waals surface area contributed by atoms with Crippen molar-refractivity contribution >= 4 is 28.4 Å². The molecule has 5 heteroatoms. The normalized spacial score (nSPS) is 12.4. The number of nitrogens with zero attached hydrogens (tertiary/aromatic N) is 1. The molecule has 1 amide bonds. The van der Waals surface area contributed by atoms with Gasteiger partial charge < -0.3 is 10.6 Å². The number of halogens is 1. The van der Waals surface area contributed by atoms with Crippen LogP contribution in [0.2, 0.25) is 0 Å². The second kappa shape index (κ2) is 8.68. The summed E-state index contributed by atoms with van der Waals surface area (Å²) in [4.78, 5) is 16.6. The minimum absolute atomic E-state index is 0.0275. The first kappa shape index (κ1) is 19.7. The molecule has 1 unspecified atom stereocenters. The number of carbonyl (C=O) groups is 1. The Labute approximate surface area is 160 Å². The number of aryl methyl sites for hydroxylation is 2. The van der Waals surface area contributed by atoms with Gasteiger partial charge in [0.2, 0.25) is 0 Å². The van der Waals surface area contributed by atoms with Crippen LogP contribution in [-0.4, -0.2) is 11.1 Å². The Morgan fingerprint density at radius 3 is 2.42 bits per heavy atom. The summed E-state index contributed by atoms with van der Waals surface area (Å²) in [6.45, 7) is 11.5. The Balaban J connectivity index is 2.12. The summed E-state index contributed by atoms with van der Waals surface area (Å²) in [6, 6.07) is 13.5. The van der Waals surface area contributed by atoms with E-state index in [1.165, 1.54) is 0 Å². The summed E-state index contributed by atoms with van der Waals surface area (Å²) in [7, 11) is 0. The monoisotopic (exact) mass is 369 g/mol. The molecule has 0 aliphatic rings. The standard InChI is InChI=1S/C21H24ClN3O/c1-13-9-14(2)11-19(10-13)21(26)25-20-8-6-7-18(12-20)15(3)23-17(5)24-16(4)22/h6-12,15,23H,5H2,1-4H3,(H,25,26)/b24-16+. The van der Waals surface area contributed by atoms with Crippen molar-refractivity contribution in [1.82, 2.24) is 5.32 Å². The van der Waals surface area contributed by atoms with Crippen LogP contribution in [0.4, 0.5) is 5.69 Å². The van der Waals surface area contributed by atoms with E-state index < -0.39 is 0 Å². The molecular formula is C21H24ClN3O. The fraction of sp³-hybridized carbons (Fsp3) is 0.238. The maximum absolute atomic E-state index is 12.5. The molecule has 1 atom stereocenters. The molecule has 2 rings (SSSR count). The Bertz CT molecular complexity index is 834. The number of hydrogen-bond acceptors (Lipinski definition) is 3. The largest absolute Gasteiger partial charge is 0.364 e. The molecule has 0 saturated carbocycles. The van der Waals surface area contributed by atoms with Gasteiger partial charge in [-0.3, -0.25) is 4.79 Å². The van der Waals surface area contributed by atoms with Crippen LogP contribution in [0.1, 0.15) is 46.9 Å². The van der Waals surface area contributed by atoms with Gasteiger partial charge >= 0.3 is 0 Å². The Morgan fingerprint density at radius 1 is 1.15 bits per heavy atom. The maximum Gasteiger partial charge on any atom is 0.255 e. The molecule has 2 aromatic carbocycles.